The number of hydrogen-bond donors (Lipinski definition) is 2. The monoisotopic (exact) mass is 273 g/mol. The normalized spacial score (nSPS) is 20.2. The third-order valence-electron chi connectivity index (χ3n) is 3.33. The predicted molar refractivity (Wildman–Crippen MR) is 70.1 cm³/mol. The van der Waals surface area contributed by atoms with Crippen LogP contribution >= 0.6 is 0 Å². The lowest BCUT2D eigenvalue weighted by Gasteiger charge is -2.52. The van der Waals surface area contributed by atoms with Crippen molar-refractivity contribution in [2.45, 2.75) is 11.8 Å². The Morgan fingerprint density at radius 2 is 1.83 bits per heavy atom. The van der Waals surface area contributed by atoms with Crippen LogP contribution in [0.3, 0.4) is 0 Å². The molecule has 0 radical (unpaired) electrons. The molecule has 0 aromatic heterocycles. The summed E-state index contributed by atoms with van der Waals surface area (Å²) in [4.78, 5) is 0.356. The van der Waals surface area contributed by atoms with Crippen molar-refractivity contribution in [1.29, 1.82) is 0 Å². The van der Waals surface area contributed by atoms with E-state index in [9.17, 15) is 13.9 Å². The van der Waals surface area contributed by atoms with Crippen molar-refractivity contribution >= 4 is 9.53 Å². The van der Waals surface area contributed by atoms with Gasteiger partial charge in [0.25, 0.3) is 0 Å². The van der Waals surface area contributed by atoms with Gasteiger partial charge in [0.05, 0.1) is 18.1 Å². The fourth-order valence-electron chi connectivity index (χ4n) is 2.14. The molecular formula is C12H19NO4S. The largest absolute Gasteiger partial charge is 0.508 e. The van der Waals surface area contributed by atoms with Crippen molar-refractivity contribution in [3.05, 3.63) is 24.3 Å². The zero-order valence-electron chi connectivity index (χ0n) is 10.4. The fraction of sp³-hybridized carbons (Fsp3) is 0.500. The van der Waals surface area contributed by atoms with E-state index in [2.05, 4.69) is 0 Å². The highest BCUT2D eigenvalue weighted by molar-refractivity contribution is 8.13. The number of phenolic OH excluding ortho intramolecular Hbond substituents is 1. The zero-order chi connectivity index (χ0) is 13.3. The summed E-state index contributed by atoms with van der Waals surface area (Å²) in [6, 6.07) is 5.91. The Bertz CT molecular complexity index is 481. The van der Waals surface area contributed by atoms with Gasteiger partial charge in [-0.05, 0) is 31.2 Å². The molecular weight excluding hydrogens is 254 g/mol. The van der Waals surface area contributed by atoms with Gasteiger partial charge in [0.15, 0.2) is 0 Å². The summed E-state index contributed by atoms with van der Waals surface area (Å²) in [6.45, 7) is 3.52. The summed E-state index contributed by atoms with van der Waals surface area (Å²) in [5.41, 5.74) is 0. The van der Waals surface area contributed by atoms with Gasteiger partial charge in [-0.2, -0.15) is 4.21 Å². The molecule has 1 saturated heterocycles. The maximum atomic E-state index is 13.2. The average molecular weight is 273 g/mol. The van der Waals surface area contributed by atoms with Crippen LogP contribution in [0.25, 0.3) is 0 Å². The van der Waals surface area contributed by atoms with Gasteiger partial charge >= 0.3 is 0 Å². The number of morpholine rings is 1. The van der Waals surface area contributed by atoms with Gasteiger partial charge < -0.3 is 9.84 Å². The van der Waals surface area contributed by atoms with Gasteiger partial charge in [0, 0.05) is 18.8 Å². The molecule has 1 aliphatic heterocycles. The van der Waals surface area contributed by atoms with Crippen molar-refractivity contribution in [2.24, 2.45) is 0 Å². The van der Waals surface area contributed by atoms with Gasteiger partial charge in [-0.1, -0.05) is 0 Å². The summed E-state index contributed by atoms with van der Waals surface area (Å²) in [7, 11) is -4.03. The third kappa shape index (κ3) is 2.16. The Kier molecular flexibility index (Phi) is 3.46. The number of aromatic hydroxyl groups is 1. The Morgan fingerprint density at radius 1 is 1.28 bits per heavy atom. The second-order valence-corrected chi connectivity index (χ2v) is 7.94. The smallest absolute Gasteiger partial charge is 0.115 e. The number of nitrogens with zero attached hydrogens (tertiary/aromatic N) is 1. The van der Waals surface area contributed by atoms with Crippen LogP contribution in [0.2, 0.25) is 0 Å². The molecule has 0 amide bonds. The molecule has 0 bridgehead atoms. The summed E-state index contributed by atoms with van der Waals surface area (Å²) in [5.74, 6) is 0.216. The van der Waals surface area contributed by atoms with E-state index in [1.54, 1.807) is 11.2 Å². The van der Waals surface area contributed by atoms with Crippen LogP contribution in [-0.4, -0.2) is 50.2 Å². The van der Waals surface area contributed by atoms with Crippen molar-refractivity contribution in [1.82, 2.24) is 4.31 Å². The summed E-state index contributed by atoms with van der Waals surface area (Å²) in [6.07, 6.45) is 0. The van der Waals surface area contributed by atoms with Crippen LogP contribution in [0.5, 0.6) is 5.75 Å². The number of phenols is 1. The molecule has 2 rings (SSSR count). The summed E-state index contributed by atoms with van der Waals surface area (Å²) in [5, 5.41) is 9.28. The quantitative estimate of drug-likeness (QED) is 0.871. The lowest BCUT2D eigenvalue weighted by atomic mass is 10.3. The maximum Gasteiger partial charge on any atom is 0.115 e. The highest BCUT2D eigenvalue weighted by atomic mass is 32.3. The van der Waals surface area contributed by atoms with Crippen LogP contribution < -0.4 is 0 Å². The first-order valence-electron chi connectivity index (χ1n) is 5.99. The first-order chi connectivity index (χ1) is 8.46. The molecule has 1 heterocycles. The molecule has 0 aliphatic carbocycles. The first-order valence-corrected chi connectivity index (χ1v) is 8.04. The molecule has 0 unspecified atom stereocenters. The van der Waals surface area contributed by atoms with E-state index in [1.807, 2.05) is 0 Å². The predicted octanol–water partition coefficient (Wildman–Crippen LogP) is 1.31. The minimum atomic E-state index is -4.03. The van der Waals surface area contributed by atoms with E-state index in [4.69, 9.17) is 4.74 Å². The van der Waals surface area contributed by atoms with Gasteiger partial charge in [0.2, 0.25) is 0 Å². The molecule has 1 fully saturated rings. The molecule has 0 saturated carbocycles. The lowest BCUT2D eigenvalue weighted by molar-refractivity contribution is 0.0683. The second kappa shape index (κ2) is 4.62. The Labute approximate surface area is 107 Å². The molecule has 2 N–H and O–H groups in total. The molecule has 1 aromatic rings. The van der Waals surface area contributed by atoms with E-state index in [0.717, 1.165) is 0 Å². The number of benzene rings is 1. The Morgan fingerprint density at radius 3 is 2.33 bits per heavy atom. The van der Waals surface area contributed by atoms with Crippen LogP contribution in [0.1, 0.15) is 6.92 Å². The molecule has 18 heavy (non-hydrogen) atoms. The fourth-order valence-corrected chi connectivity index (χ4v) is 4.72. The van der Waals surface area contributed by atoms with Crippen molar-refractivity contribution < 1.29 is 18.6 Å². The number of hydrogen-bond acceptors (Lipinski definition) is 3. The summed E-state index contributed by atoms with van der Waals surface area (Å²) < 4.78 is 30.8. The molecule has 0 atom stereocenters. The topological polar surface area (TPSA) is 70.0 Å². The van der Waals surface area contributed by atoms with Crippen LogP contribution in [0.4, 0.5) is 0 Å². The molecule has 0 spiro atoms. The number of rotatable bonds is 3. The minimum absolute atomic E-state index is 0.0894. The van der Waals surface area contributed by atoms with E-state index < -0.39 is 9.53 Å². The van der Waals surface area contributed by atoms with Crippen molar-refractivity contribution in [2.75, 3.05) is 32.1 Å². The van der Waals surface area contributed by atoms with Gasteiger partial charge in [0.1, 0.15) is 5.75 Å². The first kappa shape index (κ1) is 13.5. The van der Waals surface area contributed by atoms with E-state index >= 15 is 0 Å². The van der Waals surface area contributed by atoms with Crippen LogP contribution in [0.15, 0.2) is 29.2 Å². The Balaban J connectivity index is 2.44. The summed E-state index contributed by atoms with van der Waals surface area (Å²) >= 11 is 0. The van der Waals surface area contributed by atoms with Crippen LogP contribution in [-0.2, 0) is 14.3 Å². The molecule has 1 aromatic carbocycles. The average Bonchev–Trinajstić information content (AvgIpc) is 2.41. The standard InChI is InChI=1S/C12H19NO4S/c1-2-18(15,16,13-7-9-17-10-8-13)12-5-3-11(14)4-6-12/h3-6,14H,2,7-10H2,1H3,(H,15,16). The molecule has 6 heteroatoms. The molecule has 5 nitrogen and oxygen atoms in total. The molecule has 102 valence electrons. The van der Waals surface area contributed by atoms with Crippen molar-refractivity contribution in [3.63, 3.8) is 0 Å². The highest BCUT2D eigenvalue weighted by Crippen LogP contribution is 2.37. The van der Waals surface area contributed by atoms with Gasteiger partial charge in [-0.25, -0.2) is 4.31 Å². The lowest BCUT2D eigenvalue weighted by Crippen LogP contribution is -2.56. The second-order valence-electron chi connectivity index (χ2n) is 4.34. The maximum absolute atomic E-state index is 13.2. The Hall–Kier alpha value is -0.950. The van der Waals surface area contributed by atoms with E-state index in [1.165, 1.54) is 24.3 Å². The minimum Gasteiger partial charge on any atom is -0.508 e. The SMILES string of the molecule is CCS(=O)(O)(c1ccc(O)cc1)N1CCOCC1. The van der Waals surface area contributed by atoms with E-state index in [-0.39, 0.29) is 11.5 Å². The molecule has 1 aliphatic rings. The van der Waals surface area contributed by atoms with Crippen molar-refractivity contribution in [3.8, 4) is 5.75 Å². The van der Waals surface area contributed by atoms with Gasteiger partial charge in [-0.3, -0.25) is 4.55 Å². The van der Waals surface area contributed by atoms with Gasteiger partial charge in [-0.15, -0.1) is 9.53 Å². The highest BCUT2D eigenvalue weighted by Gasteiger charge is 2.36. The van der Waals surface area contributed by atoms with Crippen LogP contribution in [0, 0.1) is 0 Å². The number of ether oxygens (including phenoxy) is 1. The zero-order valence-corrected chi connectivity index (χ0v) is 11.2. The van der Waals surface area contributed by atoms with E-state index in [0.29, 0.717) is 31.2 Å². The third-order valence-corrected chi connectivity index (χ3v) is 7.02.